The lowest BCUT2D eigenvalue weighted by Gasteiger charge is -2.13. The molecule has 2 rings (SSSR count). The number of carbonyl (C=O) groups excluding carboxylic acids is 2. The number of aryl methyl sites for hydroxylation is 6. The molecule has 0 aliphatic heterocycles. The van der Waals surface area contributed by atoms with Gasteiger partial charge in [0.25, 0.3) is 5.66 Å². The van der Waals surface area contributed by atoms with Gasteiger partial charge in [0.15, 0.2) is 0 Å². The SMILES string of the molecule is Cc1cc(C)c(C(=O)C([PH+]=O)C(=O)c2c(C)cc(C)cc2C)c(C)c1. The van der Waals surface area contributed by atoms with Crippen LogP contribution in [0.25, 0.3) is 0 Å². The Kier molecular flexibility index (Phi) is 5.69. The third-order valence-electron chi connectivity index (χ3n) is 4.49. The maximum Gasteiger partial charge on any atom is 0.344 e. The second-order valence-corrected chi connectivity index (χ2v) is 7.64. The summed E-state index contributed by atoms with van der Waals surface area (Å²) in [4.78, 5) is 26.0. The summed E-state index contributed by atoms with van der Waals surface area (Å²) in [5, 5.41) is 0. The van der Waals surface area contributed by atoms with Gasteiger partial charge in [0.1, 0.15) is 0 Å². The first kappa shape index (κ1) is 19.2. The van der Waals surface area contributed by atoms with Gasteiger partial charge < -0.3 is 0 Å². The van der Waals surface area contributed by atoms with Crippen LogP contribution < -0.4 is 0 Å². The summed E-state index contributed by atoms with van der Waals surface area (Å²) in [5.41, 5.74) is 5.25. The predicted octanol–water partition coefficient (Wildman–Crippen LogP) is 5.00. The minimum Gasteiger partial charge on any atom is -0.288 e. The molecule has 2 aromatic carbocycles. The predicted molar refractivity (Wildman–Crippen MR) is 103 cm³/mol. The summed E-state index contributed by atoms with van der Waals surface area (Å²) in [6.07, 6.45) is 0. The van der Waals surface area contributed by atoms with Crippen LogP contribution >= 0.6 is 8.46 Å². The highest BCUT2D eigenvalue weighted by molar-refractivity contribution is 7.28. The van der Waals surface area contributed by atoms with Gasteiger partial charge in [-0.25, -0.2) is 0 Å². The van der Waals surface area contributed by atoms with Crippen molar-refractivity contribution in [1.29, 1.82) is 0 Å². The molecule has 0 spiro atoms. The number of carbonyl (C=O) groups is 2. The topological polar surface area (TPSA) is 51.2 Å². The van der Waals surface area contributed by atoms with Crippen molar-refractivity contribution in [3.63, 3.8) is 0 Å². The molecule has 0 radical (unpaired) electrons. The first-order chi connectivity index (χ1) is 11.7. The summed E-state index contributed by atoms with van der Waals surface area (Å²) in [7, 11) is -1.01. The van der Waals surface area contributed by atoms with Gasteiger partial charge in [-0.05, 0) is 63.8 Å². The van der Waals surface area contributed by atoms with Crippen molar-refractivity contribution in [2.45, 2.75) is 47.2 Å². The fraction of sp³-hybridized carbons (Fsp3) is 0.333. The zero-order valence-electron chi connectivity index (χ0n) is 15.6. The lowest BCUT2D eigenvalue weighted by Crippen LogP contribution is -2.28. The maximum absolute atomic E-state index is 13.0. The smallest absolute Gasteiger partial charge is 0.288 e. The summed E-state index contributed by atoms with van der Waals surface area (Å²) < 4.78 is 11.8. The van der Waals surface area contributed by atoms with E-state index in [9.17, 15) is 14.2 Å². The second-order valence-electron chi connectivity index (χ2n) is 6.83. The van der Waals surface area contributed by atoms with Gasteiger partial charge >= 0.3 is 8.46 Å². The van der Waals surface area contributed by atoms with Crippen molar-refractivity contribution in [2.24, 2.45) is 0 Å². The van der Waals surface area contributed by atoms with E-state index in [0.29, 0.717) is 11.1 Å². The molecule has 0 saturated heterocycles. The molecule has 0 amide bonds. The molecule has 1 atom stereocenters. The number of rotatable bonds is 5. The maximum atomic E-state index is 13.0. The molecule has 0 aliphatic rings. The van der Waals surface area contributed by atoms with Gasteiger partial charge in [0, 0.05) is 11.1 Å². The minimum atomic E-state index is -1.15. The van der Waals surface area contributed by atoms with Gasteiger partial charge in [0.05, 0.1) is 0 Å². The van der Waals surface area contributed by atoms with Crippen LogP contribution in [0.1, 0.15) is 54.1 Å². The molecule has 0 saturated carbocycles. The molecule has 0 N–H and O–H groups in total. The standard InChI is InChI=1S/C21H23O3P/c1-11-7-13(3)17(14(4)8-11)19(22)21(25-24)20(23)18-15(5)9-12(2)10-16(18)6/h7-10,21H,1-6H3/p+1. The number of Topliss-reactive ketones (excluding diaryl/α,β-unsaturated/α-hetero) is 2. The number of benzene rings is 2. The Morgan fingerprint density at radius 1 is 0.680 bits per heavy atom. The van der Waals surface area contributed by atoms with E-state index < -0.39 is 14.1 Å². The Morgan fingerprint density at radius 3 is 1.20 bits per heavy atom. The minimum absolute atomic E-state index is 0.354. The van der Waals surface area contributed by atoms with Crippen LogP contribution in [0.3, 0.4) is 0 Å². The van der Waals surface area contributed by atoms with Crippen LogP contribution in [0.2, 0.25) is 0 Å². The molecule has 2 aromatic rings. The molecular formula is C21H24O3P+. The van der Waals surface area contributed by atoms with Crippen molar-refractivity contribution in [1.82, 2.24) is 0 Å². The molecule has 1 unspecified atom stereocenters. The summed E-state index contributed by atoms with van der Waals surface area (Å²) >= 11 is 0. The van der Waals surface area contributed by atoms with Crippen LogP contribution in [0.4, 0.5) is 0 Å². The quantitative estimate of drug-likeness (QED) is 0.431. The zero-order valence-corrected chi connectivity index (χ0v) is 16.6. The molecule has 0 aromatic heterocycles. The van der Waals surface area contributed by atoms with Gasteiger partial charge in [-0.2, -0.15) is 0 Å². The third kappa shape index (κ3) is 3.77. The molecule has 25 heavy (non-hydrogen) atoms. The van der Waals surface area contributed by atoms with Gasteiger partial charge in [-0.3, -0.25) is 9.59 Å². The highest BCUT2D eigenvalue weighted by atomic mass is 31.1. The molecule has 3 nitrogen and oxygen atoms in total. The van der Waals surface area contributed by atoms with Crippen molar-refractivity contribution < 1.29 is 14.2 Å². The van der Waals surface area contributed by atoms with E-state index in [1.54, 1.807) is 0 Å². The Labute approximate surface area is 150 Å². The fourth-order valence-corrected chi connectivity index (χ4v) is 4.15. The van der Waals surface area contributed by atoms with Crippen molar-refractivity contribution in [3.8, 4) is 0 Å². The number of hydrogen-bond acceptors (Lipinski definition) is 3. The van der Waals surface area contributed by atoms with E-state index in [0.717, 1.165) is 33.4 Å². The monoisotopic (exact) mass is 355 g/mol. The Hall–Kier alpha value is -2.12. The molecule has 0 aliphatic carbocycles. The average molecular weight is 355 g/mol. The van der Waals surface area contributed by atoms with Gasteiger partial charge in [-0.15, -0.1) is 0 Å². The van der Waals surface area contributed by atoms with Crippen molar-refractivity contribution in [2.75, 3.05) is 0 Å². The highest BCUT2D eigenvalue weighted by Gasteiger charge is 2.38. The molecular weight excluding hydrogens is 331 g/mol. The first-order valence-electron chi connectivity index (χ1n) is 8.29. The summed E-state index contributed by atoms with van der Waals surface area (Å²) in [6, 6.07) is 7.66. The average Bonchev–Trinajstić information content (AvgIpc) is 2.45. The van der Waals surface area contributed by atoms with Crippen LogP contribution in [-0.2, 0) is 4.57 Å². The van der Waals surface area contributed by atoms with E-state index in [4.69, 9.17) is 0 Å². The molecule has 130 valence electrons. The third-order valence-corrected chi connectivity index (χ3v) is 5.25. The summed E-state index contributed by atoms with van der Waals surface area (Å²) in [5.74, 6) is -0.708. The fourth-order valence-electron chi connectivity index (χ4n) is 3.65. The lowest BCUT2D eigenvalue weighted by atomic mass is 9.90. The van der Waals surface area contributed by atoms with Crippen LogP contribution in [-0.4, -0.2) is 17.2 Å². The van der Waals surface area contributed by atoms with Crippen molar-refractivity contribution in [3.05, 3.63) is 68.8 Å². The zero-order chi connectivity index (χ0) is 18.9. The van der Waals surface area contributed by atoms with E-state index >= 15 is 0 Å². The largest absolute Gasteiger partial charge is 0.344 e. The molecule has 4 heteroatoms. The second kappa shape index (κ2) is 7.41. The Balaban J connectivity index is 2.52. The van der Waals surface area contributed by atoms with E-state index in [-0.39, 0.29) is 11.6 Å². The summed E-state index contributed by atoms with van der Waals surface area (Å²) in [6.45, 7) is 11.3. The molecule has 0 bridgehead atoms. The normalized spacial score (nSPS) is 11.2. The molecule has 0 heterocycles. The molecule has 0 fully saturated rings. The van der Waals surface area contributed by atoms with Crippen LogP contribution in [0.15, 0.2) is 24.3 Å². The lowest BCUT2D eigenvalue weighted by molar-refractivity contribution is 0.0900. The van der Waals surface area contributed by atoms with Crippen LogP contribution in [0.5, 0.6) is 0 Å². The van der Waals surface area contributed by atoms with Gasteiger partial charge in [0.2, 0.25) is 11.6 Å². The van der Waals surface area contributed by atoms with E-state index in [1.165, 1.54) is 0 Å². The number of hydrogen-bond donors (Lipinski definition) is 0. The first-order valence-corrected chi connectivity index (χ1v) is 9.27. The van der Waals surface area contributed by atoms with E-state index in [2.05, 4.69) is 0 Å². The Morgan fingerprint density at radius 2 is 0.960 bits per heavy atom. The number of ketones is 2. The highest BCUT2D eigenvalue weighted by Crippen LogP contribution is 2.27. The van der Waals surface area contributed by atoms with Crippen LogP contribution in [0, 0.1) is 41.5 Å². The van der Waals surface area contributed by atoms with Gasteiger partial charge in [-0.1, -0.05) is 40.0 Å². The Bertz CT molecular complexity index is 765. The van der Waals surface area contributed by atoms with Crippen molar-refractivity contribution >= 4 is 20.0 Å². The van der Waals surface area contributed by atoms with E-state index in [1.807, 2.05) is 65.8 Å².